The van der Waals surface area contributed by atoms with Gasteiger partial charge in [0.1, 0.15) is 0 Å². The zero-order chi connectivity index (χ0) is 18.3. The number of carboxylic acid groups (broad SMARTS) is 1. The van der Waals surface area contributed by atoms with Crippen LogP contribution in [-0.2, 0) is 14.4 Å². The third kappa shape index (κ3) is 7.12. The Morgan fingerprint density at radius 3 is 2.46 bits per heavy atom. The van der Waals surface area contributed by atoms with E-state index in [-0.39, 0.29) is 31.2 Å². The predicted octanol–water partition coefficient (Wildman–Crippen LogP) is 2.63. The molecule has 0 bridgehead atoms. The summed E-state index contributed by atoms with van der Waals surface area (Å²) in [6, 6.07) is 6.52. The summed E-state index contributed by atoms with van der Waals surface area (Å²) in [5.74, 6) is -1.44. The molecule has 2 amide bonds. The van der Waals surface area contributed by atoms with Crippen LogP contribution in [-0.4, -0.2) is 29.4 Å². The molecule has 3 N–H and O–H groups in total. The van der Waals surface area contributed by atoms with Crippen molar-refractivity contribution in [2.75, 3.05) is 6.54 Å². The maximum Gasteiger partial charge on any atom is 0.305 e. The topological polar surface area (TPSA) is 95.5 Å². The van der Waals surface area contributed by atoms with Gasteiger partial charge in [-0.2, -0.15) is 0 Å². The van der Waals surface area contributed by atoms with Crippen LogP contribution in [0.25, 0.3) is 0 Å². The van der Waals surface area contributed by atoms with Crippen LogP contribution < -0.4 is 10.6 Å². The van der Waals surface area contributed by atoms with Gasteiger partial charge in [0.05, 0.1) is 12.5 Å². The molecule has 1 aromatic rings. The number of hydrogen-bond acceptors (Lipinski definition) is 3. The molecule has 1 rings (SSSR count). The SMILES string of the molecule is CC(C)(C)C(=O)NCCC(=O)NC(CC(=O)O)c1cccc(Br)c1. The lowest BCUT2D eigenvalue weighted by Gasteiger charge is -2.19. The second-order valence-corrected chi connectivity index (χ2v) is 7.44. The number of nitrogens with one attached hydrogen (secondary N) is 2. The maximum atomic E-state index is 12.1. The lowest BCUT2D eigenvalue weighted by Crippen LogP contribution is -2.38. The first kappa shape index (κ1) is 20.2. The molecule has 6 nitrogen and oxygen atoms in total. The Kier molecular flexibility index (Phi) is 7.41. The van der Waals surface area contributed by atoms with Crippen molar-refractivity contribution in [1.82, 2.24) is 10.6 Å². The third-order valence-electron chi connectivity index (χ3n) is 3.28. The second-order valence-electron chi connectivity index (χ2n) is 6.53. The Morgan fingerprint density at radius 1 is 1.25 bits per heavy atom. The summed E-state index contributed by atoms with van der Waals surface area (Å²) in [6.07, 6.45) is -0.123. The van der Waals surface area contributed by atoms with E-state index in [2.05, 4.69) is 26.6 Å². The Labute approximate surface area is 150 Å². The highest BCUT2D eigenvalue weighted by Crippen LogP contribution is 2.21. The van der Waals surface area contributed by atoms with E-state index >= 15 is 0 Å². The molecular formula is C17H23BrN2O4. The molecule has 0 aliphatic carbocycles. The van der Waals surface area contributed by atoms with E-state index in [1.807, 2.05) is 6.07 Å². The molecule has 7 heteroatoms. The molecule has 132 valence electrons. The number of hydrogen-bond donors (Lipinski definition) is 3. The summed E-state index contributed by atoms with van der Waals surface area (Å²) in [4.78, 5) is 34.8. The van der Waals surface area contributed by atoms with Crippen molar-refractivity contribution in [3.63, 3.8) is 0 Å². The van der Waals surface area contributed by atoms with Crippen LogP contribution in [0.3, 0.4) is 0 Å². The molecular weight excluding hydrogens is 376 g/mol. The molecule has 24 heavy (non-hydrogen) atoms. The van der Waals surface area contributed by atoms with Crippen LogP contribution in [0, 0.1) is 5.41 Å². The van der Waals surface area contributed by atoms with E-state index in [1.54, 1.807) is 39.0 Å². The van der Waals surface area contributed by atoms with E-state index < -0.39 is 17.4 Å². The molecule has 0 aliphatic heterocycles. The molecule has 1 aromatic carbocycles. The van der Waals surface area contributed by atoms with Gasteiger partial charge in [0.2, 0.25) is 11.8 Å². The quantitative estimate of drug-likeness (QED) is 0.657. The zero-order valence-electron chi connectivity index (χ0n) is 14.1. The molecule has 1 atom stereocenters. The number of benzene rings is 1. The Balaban J connectivity index is 2.62. The monoisotopic (exact) mass is 398 g/mol. The van der Waals surface area contributed by atoms with Gasteiger partial charge in [-0.3, -0.25) is 14.4 Å². The van der Waals surface area contributed by atoms with Gasteiger partial charge in [0.15, 0.2) is 0 Å². The van der Waals surface area contributed by atoms with Crippen molar-refractivity contribution in [2.24, 2.45) is 5.41 Å². The van der Waals surface area contributed by atoms with Crippen molar-refractivity contribution < 1.29 is 19.5 Å². The van der Waals surface area contributed by atoms with E-state index in [0.29, 0.717) is 5.56 Å². The Bertz CT molecular complexity index is 611. The number of halogens is 1. The van der Waals surface area contributed by atoms with Crippen LogP contribution in [0.2, 0.25) is 0 Å². The normalized spacial score (nSPS) is 12.3. The third-order valence-corrected chi connectivity index (χ3v) is 3.78. The van der Waals surface area contributed by atoms with Gasteiger partial charge in [-0.15, -0.1) is 0 Å². The molecule has 0 saturated carbocycles. The standard InChI is InChI=1S/C17H23BrN2O4/c1-17(2,3)16(24)19-8-7-14(21)20-13(10-15(22)23)11-5-4-6-12(18)9-11/h4-6,9,13H,7-8,10H2,1-3H3,(H,19,24)(H,20,21)(H,22,23). The summed E-state index contributed by atoms with van der Waals surface area (Å²) in [5.41, 5.74) is 0.192. The van der Waals surface area contributed by atoms with Gasteiger partial charge >= 0.3 is 5.97 Å². The summed E-state index contributed by atoms with van der Waals surface area (Å²) < 4.78 is 0.807. The summed E-state index contributed by atoms with van der Waals surface area (Å²) in [5, 5.41) is 14.5. The highest BCUT2D eigenvalue weighted by atomic mass is 79.9. The minimum absolute atomic E-state index is 0.0892. The van der Waals surface area contributed by atoms with Crippen molar-refractivity contribution in [3.8, 4) is 0 Å². The van der Waals surface area contributed by atoms with Gasteiger partial charge in [0.25, 0.3) is 0 Å². The highest BCUT2D eigenvalue weighted by Gasteiger charge is 2.21. The number of carboxylic acids is 1. The highest BCUT2D eigenvalue weighted by molar-refractivity contribution is 9.10. The summed E-state index contributed by atoms with van der Waals surface area (Å²) in [7, 11) is 0. The first-order chi connectivity index (χ1) is 11.1. The van der Waals surface area contributed by atoms with Gasteiger partial charge in [0, 0.05) is 22.9 Å². The largest absolute Gasteiger partial charge is 0.481 e. The molecule has 0 aliphatic rings. The molecule has 0 fully saturated rings. The lowest BCUT2D eigenvalue weighted by molar-refractivity contribution is -0.137. The molecule has 1 unspecified atom stereocenters. The predicted molar refractivity (Wildman–Crippen MR) is 94.4 cm³/mol. The van der Waals surface area contributed by atoms with Gasteiger partial charge in [-0.1, -0.05) is 48.8 Å². The number of rotatable bonds is 7. The summed E-state index contributed by atoms with van der Waals surface area (Å²) >= 11 is 3.33. The van der Waals surface area contributed by atoms with Crippen molar-refractivity contribution in [3.05, 3.63) is 34.3 Å². The molecule has 0 saturated heterocycles. The maximum absolute atomic E-state index is 12.1. The van der Waals surface area contributed by atoms with Gasteiger partial charge < -0.3 is 15.7 Å². The van der Waals surface area contributed by atoms with E-state index in [1.165, 1.54) is 0 Å². The minimum atomic E-state index is -0.999. The molecule has 0 spiro atoms. The zero-order valence-corrected chi connectivity index (χ0v) is 15.6. The lowest BCUT2D eigenvalue weighted by atomic mass is 9.96. The second kappa shape index (κ2) is 8.82. The Morgan fingerprint density at radius 2 is 1.92 bits per heavy atom. The fourth-order valence-corrected chi connectivity index (χ4v) is 2.39. The number of carbonyl (C=O) groups excluding carboxylic acids is 2. The minimum Gasteiger partial charge on any atom is -0.481 e. The fourth-order valence-electron chi connectivity index (χ4n) is 1.97. The Hall–Kier alpha value is -1.89. The molecule has 0 radical (unpaired) electrons. The van der Waals surface area contributed by atoms with Crippen LogP contribution in [0.5, 0.6) is 0 Å². The number of amides is 2. The van der Waals surface area contributed by atoms with Crippen LogP contribution >= 0.6 is 15.9 Å². The first-order valence-electron chi connectivity index (χ1n) is 7.64. The number of carbonyl (C=O) groups is 3. The molecule has 0 heterocycles. The van der Waals surface area contributed by atoms with Crippen LogP contribution in [0.15, 0.2) is 28.7 Å². The van der Waals surface area contributed by atoms with Crippen molar-refractivity contribution in [1.29, 1.82) is 0 Å². The average molecular weight is 399 g/mol. The van der Waals surface area contributed by atoms with E-state index in [0.717, 1.165) is 4.47 Å². The molecule has 0 aromatic heterocycles. The van der Waals surface area contributed by atoms with Crippen molar-refractivity contribution >= 4 is 33.7 Å². The van der Waals surface area contributed by atoms with Gasteiger partial charge in [-0.05, 0) is 17.7 Å². The van der Waals surface area contributed by atoms with Gasteiger partial charge in [-0.25, -0.2) is 0 Å². The van der Waals surface area contributed by atoms with E-state index in [4.69, 9.17) is 5.11 Å². The number of aliphatic carboxylic acids is 1. The van der Waals surface area contributed by atoms with Crippen molar-refractivity contribution in [2.45, 2.75) is 39.7 Å². The van der Waals surface area contributed by atoms with Crippen LogP contribution in [0.4, 0.5) is 0 Å². The van der Waals surface area contributed by atoms with E-state index in [9.17, 15) is 14.4 Å². The first-order valence-corrected chi connectivity index (χ1v) is 8.44. The fraction of sp³-hybridized carbons (Fsp3) is 0.471. The average Bonchev–Trinajstić information content (AvgIpc) is 2.45. The smallest absolute Gasteiger partial charge is 0.305 e. The summed E-state index contributed by atoms with van der Waals surface area (Å²) in [6.45, 7) is 5.58. The van der Waals surface area contributed by atoms with Crippen LogP contribution in [0.1, 0.15) is 45.2 Å².